The van der Waals surface area contributed by atoms with Gasteiger partial charge in [-0.25, -0.2) is 0 Å². The van der Waals surface area contributed by atoms with Crippen molar-refractivity contribution in [1.29, 1.82) is 0 Å². The fraction of sp³-hybridized carbons (Fsp3) is 0.375. The van der Waals surface area contributed by atoms with E-state index in [4.69, 9.17) is 13.2 Å². The van der Waals surface area contributed by atoms with E-state index in [0.717, 1.165) is 6.92 Å². The van der Waals surface area contributed by atoms with Crippen molar-refractivity contribution in [3.63, 3.8) is 0 Å². The maximum atomic E-state index is 12.8. The van der Waals surface area contributed by atoms with Gasteiger partial charge in [0.15, 0.2) is 0 Å². The number of dihydropyridines is 1. The fourth-order valence-electron chi connectivity index (χ4n) is 1.01. The van der Waals surface area contributed by atoms with Crippen LogP contribution >= 0.6 is 0 Å². The summed E-state index contributed by atoms with van der Waals surface area (Å²) in [6, 6.07) is -0.508. The van der Waals surface area contributed by atoms with Crippen LogP contribution < -0.4 is 11.1 Å². The van der Waals surface area contributed by atoms with Crippen molar-refractivity contribution in [2.24, 2.45) is 5.73 Å². The van der Waals surface area contributed by atoms with Gasteiger partial charge in [-0.05, 0) is 0 Å². The van der Waals surface area contributed by atoms with Crippen LogP contribution in [0.2, 0.25) is 0 Å². The van der Waals surface area contributed by atoms with Crippen LogP contribution in [0.25, 0.3) is 0 Å². The summed E-state index contributed by atoms with van der Waals surface area (Å²) in [6.45, 7) is 0.832. The van der Waals surface area contributed by atoms with Gasteiger partial charge in [-0.3, -0.25) is 0 Å². The quantitative estimate of drug-likeness (QED) is 0.604. The summed E-state index contributed by atoms with van der Waals surface area (Å²) in [5.74, 6) is -2.85. The molecule has 1 heterocycles. The molecule has 1 unspecified atom stereocenters. The Morgan fingerprint density at radius 1 is 1.69 bits per heavy atom. The minimum atomic E-state index is -2.85. The van der Waals surface area contributed by atoms with Crippen LogP contribution in [0.15, 0.2) is 23.9 Å². The Labute approximate surface area is 76.6 Å². The molecule has 2 nitrogen and oxygen atoms in total. The Bertz CT molecular complexity index is 278. The van der Waals surface area contributed by atoms with Crippen LogP contribution in [-0.4, -0.2) is 25.0 Å². The molecule has 1 aliphatic heterocycles. The monoisotopic (exact) mass is 183 g/mol. The third-order valence-electron chi connectivity index (χ3n) is 1.75. The van der Waals surface area contributed by atoms with Crippen molar-refractivity contribution in [2.45, 2.75) is 18.9 Å². The van der Waals surface area contributed by atoms with E-state index in [-0.39, 0.29) is 11.2 Å². The molecule has 0 bridgehead atoms. The van der Waals surface area contributed by atoms with Gasteiger partial charge in [-0.15, -0.1) is 0 Å². The average molecular weight is 183 g/mol. The van der Waals surface area contributed by atoms with E-state index in [1.54, 1.807) is 0 Å². The first-order valence-electron chi connectivity index (χ1n) is 3.82. The summed E-state index contributed by atoms with van der Waals surface area (Å²) in [4.78, 5) is 0. The molecule has 0 aromatic rings. The Kier molecular flexibility index (Phi) is 2.54. The molecule has 1 radical (unpaired) electrons. The second-order valence-electron chi connectivity index (χ2n) is 2.99. The maximum absolute atomic E-state index is 12.8. The minimum absolute atomic E-state index is 0.0751. The van der Waals surface area contributed by atoms with E-state index >= 15 is 0 Å². The van der Waals surface area contributed by atoms with Gasteiger partial charge in [0.05, 0.1) is 0 Å². The van der Waals surface area contributed by atoms with E-state index < -0.39 is 12.0 Å². The van der Waals surface area contributed by atoms with E-state index in [2.05, 4.69) is 5.32 Å². The summed E-state index contributed by atoms with van der Waals surface area (Å²) < 4.78 is 25.6. The van der Waals surface area contributed by atoms with Crippen LogP contribution in [0.5, 0.6) is 0 Å². The predicted molar refractivity (Wildman–Crippen MR) is 49.7 cm³/mol. The number of halogens is 2. The standard InChI is InChI=1S/C8H10BF2N2/c1-8(10,11)5-2-3-13-6(4-5)7(9)12/h2-4,6,13H,12H2,1H3. The van der Waals surface area contributed by atoms with Gasteiger partial charge in [0.2, 0.25) is 0 Å². The molecule has 1 aliphatic rings. The summed E-state index contributed by atoms with van der Waals surface area (Å²) in [5.41, 5.74) is 5.28. The summed E-state index contributed by atoms with van der Waals surface area (Å²) in [5, 5.41) is 2.74. The van der Waals surface area contributed by atoms with Crippen molar-refractivity contribution in [3.05, 3.63) is 23.9 Å². The zero-order valence-electron chi connectivity index (χ0n) is 7.22. The van der Waals surface area contributed by atoms with Gasteiger partial charge in [0.25, 0.3) is 0 Å². The van der Waals surface area contributed by atoms with Crippen molar-refractivity contribution in [3.8, 4) is 0 Å². The predicted octanol–water partition coefficient (Wildman–Crippen LogP) is 0.311. The average Bonchev–Trinajstić information content (AvgIpc) is 2.03. The molecule has 0 aliphatic carbocycles. The first-order valence-corrected chi connectivity index (χ1v) is 3.82. The van der Waals surface area contributed by atoms with Crippen molar-refractivity contribution >= 4 is 13.1 Å². The van der Waals surface area contributed by atoms with Crippen LogP contribution in [0.4, 0.5) is 8.78 Å². The second-order valence-corrected chi connectivity index (χ2v) is 2.99. The second kappa shape index (κ2) is 3.32. The molecule has 1 rings (SSSR count). The SMILES string of the molecule is [B]=C(N)C1C=C(C(C)(F)F)C=CN1. The molecule has 5 heteroatoms. The number of allylic oxidation sites excluding steroid dienone is 2. The molecular weight excluding hydrogens is 173 g/mol. The Hall–Kier alpha value is -1.13. The van der Waals surface area contributed by atoms with Gasteiger partial charge in [-0.2, -0.15) is 0 Å². The molecule has 0 saturated heterocycles. The summed E-state index contributed by atoms with van der Waals surface area (Å²) in [7, 11) is 5.28. The molecule has 0 saturated carbocycles. The zero-order chi connectivity index (χ0) is 10.1. The van der Waals surface area contributed by atoms with Crippen LogP contribution in [0.1, 0.15) is 6.92 Å². The molecule has 0 amide bonds. The fourth-order valence-corrected chi connectivity index (χ4v) is 1.01. The third kappa shape index (κ3) is 2.40. The van der Waals surface area contributed by atoms with Crippen LogP contribution in [0.3, 0.4) is 0 Å². The number of hydrogen-bond acceptors (Lipinski definition) is 2. The Morgan fingerprint density at radius 2 is 2.31 bits per heavy atom. The normalized spacial score (nSPS) is 22.0. The molecule has 3 N–H and O–H groups in total. The molecule has 0 aromatic carbocycles. The van der Waals surface area contributed by atoms with E-state index in [9.17, 15) is 8.78 Å². The zero-order valence-corrected chi connectivity index (χ0v) is 7.22. The first-order chi connectivity index (χ1) is 5.91. The molecule has 0 aromatic heterocycles. The number of rotatable bonds is 2. The molecule has 0 spiro atoms. The summed E-state index contributed by atoms with van der Waals surface area (Å²) >= 11 is 0. The molecule has 69 valence electrons. The van der Waals surface area contributed by atoms with E-state index in [0.29, 0.717) is 0 Å². The van der Waals surface area contributed by atoms with Gasteiger partial charge in [-0.1, -0.05) is 0 Å². The molecule has 13 heavy (non-hydrogen) atoms. The summed E-state index contributed by atoms with van der Waals surface area (Å²) in [6.07, 6.45) is 4.03. The van der Waals surface area contributed by atoms with Gasteiger partial charge in [0, 0.05) is 0 Å². The number of nitrogens with two attached hydrogens (primary N) is 1. The molecular formula is C8H10BF2N2. The topological polar surface area (TPSA) is 38.0 Å². The van der Waals surface area contributed by atoms with Gasteiger partial charge in [0.1, 0.15) is 0 Å². The van der Waals surface area contributed by atoms with Crippen LogP contribution in [0, 0.1) is 0 Å². The van der Waals surface area contributed by atoms with E-state index in [1.807, 2.05) is 0 Å². The van der Waals surface area contributed by atoms with Crippen molar-refractivity contribution < 1.29 is 8.78 Å². The van der Waals surface area contributed by atoms with Crippen molar-refractivity contribution in [2.75, 3.05) is 0 Å². The number of hydrogen-bond donors (Lipinski definition) is 2. The Balaban J connectivity index is 2.87. The Morgan fingerprint density at radius 3 is 2.77 bits per heavy atom. The van der Waals surface area contributed by atoms with Crippen molar-refractivity contribution in [1.82, 2.24) is 5.32 Å². The third-order valence-corrected chi connectivity index (χ3v) is 1.75. The van der Waals surface area contributed by atoms with E-state index in [1.165, 1.54) is 18.4 Å². The number of nitrogens with one attached hydrogen (secondary N) is 1. The molecule has 1 atom stereocenters. The van der Waals surface area contributed by atoms with Gasteiger partial charge >= 0.3 is 75.7 Å². The van der Waals surface area contributed by atoms with Gasteiger partial charge < -0.3 is 0 Å². The number of alkyl halides is 2. The van der Waals surface area contributed by atoms with Crippen LogP contribution in [-0.2, 0) is 0 Å². The molecule has 0 fully saturated rings. The first kappa shape index (κ1) is 9.96.